The van der Waals surface area contributed by atoms with E-state index in [4.69, 9.17) is 16.1 Å². The van der Waals surface area contributed by atoms with Gasteiger partial charge in [-0.3, -0.25) is 9.59 Å². The van der Waals surface area contributed by atoms with Gasteiger partial charge in [-0.25, -0.2) is 4.98 Å². The lowest BCUT2D eigenvalue weighted by Gasteiger charge is -2.35. The van der Waals surface area contributed by atoms with Gasteiger partial charge in [0.2, 0.25) is 5.91 Å². The lowest BCUT2D eigenvalue weighted by molar-refractivity contribution is -0.126. The summed E-state index contributed by atoms with van der Waals surface area (Å²) in [6.45, 7) is 9.14. The molecule has 2 heterocycles. The van der Waals surface area contributed by atoms with Crippen LogP contribution in [0.5, 0.6) is 0 Å². The Balaban J connectivity index is 1.71. The second-order valence-electron chi connectivity index (χ2n) is 8.93. The summed E-state index contributed by atoms with van der Waals surface area (Å²) in [6, 6.07) is 0.190. The van der Waals surface area contributed by atoms with E-state index in [2.05, 4.69) is 36.0 Å². The molecule has 0 radical (unpaired) electrons. The highest BCUT2D eigenvalue weighted by molar-refractivity contribution is 5.83. The van der Waals surface area contributed by atoms with Gasteiger partial charge in [-0.15, -0.1) is 0 Å². The van der Waals surface area contributed by atoms with Crippen molar-refractivity contribution in [3.05, 3.63) is 21.7 Å². The van der Waals surface area contributed by atoms with Crippen LogP contribution in [0.2, 0.25) is 0 Å². The number of carbonyl (C=O) groups excluding carboxylic acids is 1. The summed E-state index contributed by atoms with van der Waals surface area (Å²) in [4.78, 5) is 33.9. The van der Waals surface area contributed by atoms with Crippen molar-refractivity contribution in [3.8, 4) is 0 Å². The summed E-state index contributed by atoms with van der Waals surface area (Å²) in [5, 5.41) is 10.9. The number of nitrogens with one attached hydrogen (secondary N) is 3. The van der Waals surface area contributed by atoms with Gasteiger partial charge in [0.25, 0.3) is 5.56 Å². The molecule has 160 valence electrons. The largest absolute Gasteiger partial charge is 0.369 e. The quantitative estimate of drug-likeness (QED) is 0.469. The van der Waals surface area contributed by atoms with Crippen LogP contribution in [0.25, 0.3) is 0 Å². The van der Waals surface area contributed by atoms with Crippen LogP contribution in [0.4, 0.5) is 5.82 Å². The fraction of sp³-hybridized carbons (Fsp3) is 0.714. The Morgan fingerprint density at radius 1 is 1.45 bits per heavy atom. The number of hydrogen-bond donors (Lipinski definition) is 4. The van der Waals surface area contributed by atoms with Gasteiger partial charge >= 0.3 is 0 Å². The lowest BCUT2D eigenvalue weighted by Crippen LogP contribution is -2.40. The number of rotatable bonds is 9. The second kappa shape index (κ2) is 9.07. The van der Waals surface area contributed by atoms with Crippen LogP contribution >= 0.6 is 0 Å². The van der Waals surface area contributed by atoms with Gasteiger partial charge in [0, 0.05) is 43.7 Å². The van der Waals surface area contributed by atoms with E-state index in [1.807, 2.05) is 0 Å². The Labute approximate surface area is 172 Å². The number of aromatic amines is 1. The Morgan fingerprint density at radius 3 is 2.79 bits per heavy atom. The summed E-state index contributed by atoms with van der Waals surface area (Å²) < 4.78 is 0. The standard InChI is InChI=1S/C21H34N6O2/c1-4-5-13(3)24-19-16(8-22)21(29)26-20(25-19)17-11-27(9-12(17)2)10-14-6-15(7-14)18(23)28/h8,12-15,17,22H,4-7,9-11H2,1-3H3,(H2,23,28)(H2,24,25,26,29). The zero-order valence-corrected chi connectivity index (χ0v) is 17.7. The van der Waals surface area contributed by atoms with Crippen molar-refractivity contribution in [2.45, 2.75) is 58.4 Å². The number of aromatic nitrogens is 2. The van der Waals surface area contributed by atoms with E-state index in [9.17, 15) is 9.59 Å². The number of nitrogens with two attached hydrogens (primary N) is 1. The normalized spacial score (nSPS) is 28.0. The molecule has 2 aliphatic rings. The van der Waals surface area contributed by atoms with E-state index >= 15 is 0 Å². The number of primary amides is 1. The third-order valence-electron chi connectivity index (χ3n) is 6.42. The van der Waals surface area contributed by atoms with Crippen LogP contribution in [-0.2, 0) is 4.79 Å². The summed E-state index contributed by atoms with van der Waals surface area (Å²) in [7, 11) is 0. The number of anilines is 1. The molecule has 1 aromatic heterocycles. The summed E-state index contributed by atoms with van der Waals surface area (Å²) in [5.74, 6) is 2.12. The van der Waals surface area contributed by atoms with Gasteiger partial charge in [0.15, 0.2) is 0 Å². The van der Waals surface area contributed by atoms with Crippen molar-refractivity contribution < 1.29 is 4.79 Å². The predicted molar refractivity (Wildman–Crippen MR) is 114 cm³/mol. The minimum atomic E-state index is -0.259. The number of nitrogens with zero attached hydrogens (tertiary/aromatic N) is 2. The first-order chi connectivity index (χ1) is 13.8. The zero-order valence-electron chi connectivity index (χ0n) is 17.7. The molecule has 1 saturated heterocycles. The number of likely N-dealkylation sites (tertiary alicyclic amines) is 1. The van der Waals surface area contributed by atoms with Gasteiger partial charge < -0.3 is 26.3 Å². The van der Waals surface area contributed by atoms with Gasteiger partial charge in [-0.05, 0) is 38.0 Å². The summed E-state index contributed by atoms with van der Waals surface area (Å²) in [6.07, 6.45) is 4.86. The molecule has 3 atom stereocenters. The van der Waals surface area contributed by atoms with Crippen molar-refractivity contribution in [3.63, 3.8) is 0 Å². The van der Waals surface area contributed by atoms with Crippen molar-refractivity contribution >= 4 is 17.9 Å². The Morgan fingerprint density at radius 2 is 2.17 bits per heavy atom. The number of amides is 1. The minimum absolute atomic E-state index is 0.0428. The smallest absolute Gasteiger partial charge is 0.261 e. The molecule has 2 fully saturated rings. The van der Waals surface area contributed by atoms with Crippen molar-refractivity contribution in [2.24, 2.45) is 23.5 Å². The van der Waals surface area contributed by atoms with Crippen molar-refractivity contribution in [1.29, 1.82) is 5.41 Å². The first-order valence-corrected chi connectivity index (χ1v) is 10.7. The zero-order chi connectivity index (χ0) is 21.1. The predicted octanol–water partition coefficient (Wildman–Crippen LogP) is 1.91. The van der Waals surface area contributed by atoms with E-state index in [1.54, 1.807) is 0 Å². The SMILES string of the molecule is CCCC(C)Nc1nc(C2CN(CC3CC(C(N)=O)C3)CC2C)[nH]c(=O)c1C=N. The van der Waals surface area contributed by atoms with Gasteiger partial charge in [-0.2, -0.15) is 0 Å². The average Bonchev–Trinajstić information content (AvgIpc) is 2.97. The molecular formula is C21H34N6O2. The molecule has 29 heavy (non-hydrogen) atoms. The molecule has 1 amide bonds. The molecular weight excluding hydrogens is 368 g/mol. The molecule has 0 spiro atoms. The molecule has 5 N–H and O–H groups in total. The maximum Gasteiger partial charge on any atom is 0.261 e. The highest BCUT2D eigenvalue weighted by Gasteiger charge is 2.38. The van der Waals surface area contributed by atoms with E-state index in [-0.39, 0.29) is 34.9 Å². The highest BCUT2D eigenvalue weighted by atomic mass is 16.1. The van der Waals surface area contributed by atoms with Crippen LogP contribution in [0.3, 0.4) is 0 Å². The Bertz CT molecular complexity index is 801. The highest BCUT2D eigenvalue weighted by Crippen LogP contribution is 2.37. The van der Waals surface area contributed by atoms with E-state index in [0.717, 1.165) is 51.5 Å². The lowest BCUT2D eigenvalue weighted by atomic mass is 9.74. The van der Waals surface area contributed by atoms with Crippen LogP contribution in [0.1, 0.15) is 63.8 Å². The molecule has 3 rings (SSSR count). The minimum Gasteiger partial charge on any atom is -0.369 e. The Hall–Kier alpha value is -2.22. The maximum atomic E-state index is 12.6. The van der Waals surface area contributed by atoms with E-state index < -0.39 is 0 Å². The fourth-order valence-electron chi connectivity index (χ4n) is 4.71. The molecule has 1 aliphatic heterocycles. The molecule has 0 bridgehead atoms. The average molecular weight is 403 g/mol. The molecule has 8 heteroatoms. The van der Waals surface area contributed by atoms with Crippen molar-refractivity contribution in [1.82, 2.24) is 14.9 Å². The molecule has 1 saturated carbocycles. The first-order valence-electron chi connectivity index (χ1n) is 10.7. The molecule has 1 aliphatic carbocycles. The van der Waals surface area contributed by atoms with Gasteiger partial charge in [-0.1, -0.05) is 20.3 Å². The summed E-state index contributed by atoms with van der Waals surface area (Å²) in [5.41, 5.74) is 5.40. The third-order valence-corrected chi connectivity index (χ3v) is 6.42. The molecule has 0 aromatic carbocycles. The van der Waals surface area contributed by atoms with Crippen LogP contribution < -0.4 is 16.6 Å². The van der Waals surface area contributed by atoms with Gasteiger partial charge in [0.1, 0.15) is 11.6 Å². The van der Waals surface area contributed by atoms with E-state index in [1.165, 1.54) is 0 Å². The monoisotopic (exact) mass is 402 g/mol. The summed E-state index contributed by atoms with van der Waals surface area (Å²) >= 11 is 0. The Kier molecular flexibility index (Phi) is 6.72. The number of carbonyl (C=O) groups is 1. The first kappa shape index (κ1) is 21.5. The van der Waals surface area contributed by atoms with Gasteiger partial charge in [0.05, 0.1) is 5.56 Å². The van der Waals surface area contributed by atoms with Crippen LogP contribution in [-0.4, -0.2) is 52.7 Å². The van der Waals surface area contributed by atoms with E-state index in [0.29, 0.717) is 23.5 Å². The third kappa shape index (κ3) is 4.86. The topological polar surface area (TPSA) is 128 Å². The fourth-order valence-corrected chi connectivity index (χ4v) is 4.71. The van der Waals surface area contributed by atoms with Crippen LogP contribution in [0, 0.1) is 23.2 Å². The van der Waals surface area contributed by atoms with Crippen molar-refractivity contribution in [2.75, 3.05) is 25.0 Å². The van der Waals surface area contributed by atoms with Crippen LogP contribution in [0.15, 0.2) is 4.79 Å². The maximum absolute atomic E-state index is 12.6. The molecule has 1 aromatic rings. The number of hydrogen-bond acceptors (Lipinski definition) is 6. The second-order valence-corrected chi connectivity index (χ2v) is 8.93. The molecule has 8 nitrogen and oxygen atoms in total. The number of H-pyrrole nitrogens is 1. The molecule has 3 unspecified atom stereocenters.